The number of benzene rings is 2. The fourth-order valence-corrected chi connectivity index (χ4v) is 3.10. The van der Waals surface area contributed by atoms with Crippen LogP contribution in [0.3, 0.4) is 0 Å². The van der Waals surface area contributed by atoms with Crippen LogP contribution in [0.1, 0.15) is 41.4 Å². The van der Waals surface area contributed by atoms with Gasteiger partial charge in [0.1, 0.15) is 0 Å². The summed E-state index contributed by atoms with van der Waals surface area (Å²) in [4.78, 5) is 45.2. The second-order valence-corrected chi connectivity index (χ2v) is 5.82. The highest BCUT2D eigenvalue weighted by Gasteiger charge is 2.22. The number of hydrogen-bond donors (Lipinski definition) is 4. The molecule has 0 bridgehead atoms. The van der Waals surface area contributed by atoms with Gasteiger partial charge in [0.25, 0.3) is 0 Å². The van der Waals surface area contributed by atoms with Crippen molar-refractivity contribution in [3.05, 3.63) is 58.7 Å². The maximum atomic E-state index is 11.4. The lowest BCUT2D eigenvalue weighted by Crippen LogP contribution is -2.10. The molecule has 0 spiro atoms. The number of carboxylic acids is 4. The van der Waals surface area contributed by atoms with Gasteiger partial charge in [-0.25, -0.2) is 19.2 Å². The van der Waals surface area contributed by atoms with E-state index in [4.69, 9.17) is 15.3 Å². The van der Waals surface area contributed by atoms with Gasteiger partial charge >= 0.3 is 23.9 Å². The van der Waals surface area contributed by atoms with Crippen LogP contribution >= 0.6 is 11.8 Å². The lowest BCUT2D eigenvalue weighted by Gasteiger charge is -2.10. The Morgan fingerprint density at radius 3 is 1.80 bits per heavy atom. The molecule has 0 aliphatic carbocycles. The van der Waals surface area contributed by atoms with E-state index in [1.165, 1.54) is 18.2 Å². The maximum Gasteiger partial charge on any atom is 0.337 e. The summed E-state index contributed by atoms with van der Waals surface area (Å²) in [7, 11) is 0. The molecule has 0 saturated carbocycles. The van der Waals surface area contributed by atoms with Gasteiger partial charge in [-0.15, -0.1) is 0 Å². The van der Waals surface area contributed by atoms with Gasteiger partial charge in [-0.1, -0.05) is 17.8 Å². The van der Waals surface area contributed by atoms with Gasteiger partial charge in [-0.05, 0) is 30.3 Å². The summed E-state index contributed by atoms with van der Waals surface area (Å²) in [5.74, 6) is -5.71. The molecule has 8 nitrogen and oxygen atoms in total. The molecular formula is C16H10O8S. The molecule has 2 aromatic carbocycles. The fraction of sp³-hybridized carbons (Fsp3) is 0. The van der Waals surface area contributed by atoms with E-state index in [1.54, 1.807) is 0 Å². The van der Waals surface area contributed by atoms with Crippen LogP contribution < -0.4 is 0 Å². The number of carboxylic acid groups (broad SMARTS) is 4. The van der Waals surface area contributed by atoms with Crippen molar-refractivity contribution in [3.63, 3.8) is 0 Å². The Labute approximate surface area is 144 Å². The summed E-state index contributed by atoms with van der Waals surface area (Å²) in [6, 6.07) is 7.39. The molecule has 0 unspecified atom stereocenters. The standard InChI is InChI=1S/C16H10O8S/c17-13(18)8-5-4-7(6-10(8)15(21)22)25-11-3-1-2-9(14(19)20)12(11)16(23)24/h1-6H,(H,17,18)(H,19,20)(H,21,22)(H,23,24). The first kappa shape index (κ1) is 18.0. The minimum atomic E-state index is -1.45. The Morgan fingerprint density at radius 2 is 1.28 bits per heavy atom. The van der Waals surface area contributed by atoms with E-state index in [1.807, 2.05) is 0 Å². The molecule has 0 radical (unpaired) electrons. The topological polar surface area (TPSA) is 149 Å². The summed E-state index contributed by atoms with van der Waals surface area (Å²) in [5, 5.41) is 36.5. The molecule has 4 N–H and O–H groups in total. The molecule has 128 valence electrons. The average Bonchev–Trinajstić information content (AvgIpc) is 2.53. The van der Waals surface area contributed by atoms with Gasteiger partial charge in [-0.2, -0.15) is 0 Å². The van der Waals surface area contributed by atoms with Crippen molar-refractivity contribution < 1.29 is 39.6 Å². The first-order valence-corrected chi connectivity index (χ1v) is 7.42. The predicted molar refractivity (Wildman–Crippen MR) is 84.8 cm³/mol. The van der Waals surface area contributed by atoms with Gasteiger partial charge in [-0.3, -0.25) is 0 Å². The van der Waals surface area contributed by atoms with E-state index in [0.717, 1.165) is 30.0 Å². The summed E-state index contributed by atoms with van der Waals surface area (Å²) in [5.41, 5.74) is -1.70. The zero-order valence-corrected chi connectivity index (χ0v) is 13.1. The molecule has 0 amide bonds. The first-order valence-electron chi connectivity index (χ1n) is 6.60. The number of hydrogen-bond acceptors (Lipinski definition) is 5. The zero-order valence-electron chi connectivity index (χ0n) is 12.3. The van der Waals surface area contributed by atoms with Crippen LogP contribution in [0, 0.1) is 0 Å². The second-order valence-electron chi connectivity index (χ2n) is 4.71. The third kappa shape index (κ3) is 3.78. The van der Waals surface area contributed by atoms with E-state index >= 15 is 0 Å². The summed E-state index contributed by atoms with van der Waals surface area (Å²) >= 11 is 0.826. The molecule has 0 aliphatic rings. The molecule has 0 heterocycles. The fourth-order valence-electron chi connectivity index (χ4n) is 2.09. The minimum absolute atomic E-state index is 0.0896. The predicted octanol–water partition coefficient (Wildman–Crippen LogP) is 2.63. The summed E-state index contributed by atoms with van der Waals surface area (Å²) in [6.07, 6.45) is 0. The number of aromatic carboxylic acids is 4. The van der Waals surface area contributed by atoms with Gasteiger partial charge in [0.05, 0.1) is 22.3 Å². The van der Waals surface area contributed by atoms with Crippen molar-refractivity contribution in [1.29, 1.82) is 0 Å². The highest BCUT2D eigenvalue weighted by atomic mass is 32.2. The van der Waals surface area contributed by atoms with Crippen molar-refractivity contribution in [2.24, 2.45) is 0 Å². The lowest BCUT2D eigenvalue weighted by atomic mass is 10.1. The molecule has 25 heavy (non-hydrogen) atoms. The molecular weight excluding hydrogens is 352 g/mol. The Morgan fingerprint density at radius 1 is 0.680 bits per heavy atom. The quantitative estimate of drug-likeness (QED) is 0.608. The Kier molecular flexibility index (Phi) is 5.08. The highest BCUT2D eigenvalue weighted by Crippen LogP contribution is 2.33. The van der Waals surface area contributed by atoms with E-state index in [2.05, 4.69) is 0 Å². The number of carbonyl (C=O) groups is 4. The third-order valence-corrected chi connectivity index (χ3v) is 4.20. The molecule has 0 fully saturated rings. The van der Waals surface area contributed by atoms with Crippen molar-refractivity contribution in [1.82, 2.24) is 0 Å². The Balaban J connectivity index is 2.54. The largest absolute Gasteiger partial charge is 0.478 e. The normalized spacial score (nSPS) is 10.2. The lowest BCUT2D eigenvalue weighted by molar-refractivity contribution is 0.0648. The summed E-state index contributed by atoms with van der Waals surface area (Å²) in [6.45, 7) is 0. The molecule has 9 heteroatoms. The molecule has 2 rings (SSSR count). The van der Waals surface area contributed by atoms with Crippen LogP contribution in [0.25, 0.3) is 0 Å². The third-order valence-electron chi connectivity index (χ3n) is 3.15. The van der Waals surface area contributed by atoms with Gasteiger partial charge in [0.2, 0.25) is 0 Å². The van der Waals surface area contributed by atoms with Crippen molar-refractivity contribution in [2.45, 2.75) is 9.79 Å². The SMILES string of the molecule is O=C(O)c1ccc(Sc2cccc(C(=O)O)c2C(=O)O)cc1C(=O)O. The van der Waals surface area contributed by atoms with Crippen LogP contribution in [-0.4, -0.2) is 44.3 Å². The molecule has 0 saturated heterocycles. The molecule has 0 aliphatic heterocycles. The van der Waals surface area contributed by atoms with E-state index in [0.29, 0.717) is 0 Å². The molecule has 0 aromatic heterocycles. The van der Waals surface area contributed by atoms with Crippen LogP contribution in [0.5, 0.6) is 0 Å². The van der Waals surface area contributed by atoms with Crippen molar-refractivity contribution in [3.8, 4) is 0 Å². The monoisotopic (exact) mass is 362 g/mol. The minimum Gasteiger partial charge on any atom is -0.478 e. The van der Waals surface area contributed by atoms with E-state index < -0.39 is 46.1 Å². The smallest absolute Gasteiger partial charge is 0.337 e. The van der Waals surface area contributed by atoms with Crippen LogP contribution in [0.15, 0.2) is 46.2 Å². The first-order chi connectivity index (χ1) is 11.7. The van der Waals surface area contributed by atoms with Crippen LogP contribution in [0.2, 0.25) is 0 Å². The van der Waals surface area contributed by atoms with Crippen LogP contribution in [-0.2, 0) is 0 Å². The zero-order chi connectivity index (χ0) is 18.7. The van der Waals surface area contributed by atoms with Crippen LogP contribution in [0.4, 0.5) is 0 Å². The second kappa shape index (κ2) is 7.05. The molecule has 2 aromatic rings. The van der Waals surface area contributed by atoms with Gasteiger partial charge < -0.3 is 20.4 Å². The van der Waals surface area contributed by atoms with E-state index in [-0.39, 0.29) is 9.79 Å². The summed E-state index contributed by atoms with van der Waals surface area (Å²) < 4.78 is 0. The van der Waals surface area contributed by atoms with Crippen molar-refractivity contribution in [2.75, 3.05) is 0 Å². The highest BCUT2D eigenvalue weighted by molar-refractivity contribution is 7.99. The van der Waals surface area contributed by atoms with Gasteiger partial charge in [0.15, 0.2) is 0 Å². The van der Waals surface area contributed by atoms with Crippen molar-refractivity contribution >= 4 is 35.6 Å². The Bertz CT molecular complexity index is 903. The Hall–Kier alpha value is -3.33. The average molecular weight is 362 g/mol. The maximum absolute atomic E-state index is 11.4. The number of rotatable bonds is 6. The van der Waals surface area contributed by atoms with E-state index in [9.17, 15) is 24.3 Å². The molecule has 0 atom stereocenters. The van der Waals surface area contributed by atoms with Gasteiger partial charge in [0, 0.05) is 9.79 Å².